The van der Waals surface area contributed by atoms with Crippen molar-refractivity contribution in [2.75, 3.05) is 6.54 Å². The minimum absolute atomic E-state index is 0.266. The van der Waals surface area contributed by atoms with Gasteiger partial charge in [0.2, 0.25) is 0 Å². The molecule has 1 aliphatic rings. The van der Waals surface area contributed by atoms with Crippen LogP contribution >= 0.6 is 0 Å². The van der Waals surface area contributed by atoms with Gasteiger partial charge in [0.05, 0.1) is 5.60 Å². The van der Waals surface area contributed by atoms with Crippen LogP contribution in [0, 0.1) is 0 Å². The molecule has 2 heteroatoms. The normalized spacial score (nSPS) is 25.1. The second-order valence-electron chi connectivity index (χ2n) is 3.87. The number of nitrogens with two attached hydrogens (primary N) is 1. The van der Waals surface area contributed by atoms with Gasteiger partial charge in [-0.15, -0.1) is 0 Å². The van der Waals surface area contributed by atoms with Gasteiger partial charge in [0.25, 0.3) is 0 Å². The van der Waals surface area contributed by atoms with E-state index in [2.05, 4.69) is 12.1 Å². The van der Waals surface area contributed by atoms with Crippen LogP contribution in [0.1, 0.15) is 12.0 Å². The summed E-state index contributed by atoms with van der Waals surface area (Å²) in [5, 5.41) is 9.89. The lowest BCUT2D eigenvalue weighted by Gasteiger charge is -2.24. The van der Waals surface area contributed by atoms with Gasteiger partial charge in [-0.2, -0.15) is 0 Å². The molecule has 2 nitrogen and oxygen atoms in total. The monoisotopic (exact) mass is 201 g/mol. The zero-order chi connectivity index (χ0) is 10.7. The molecule has 15 heavy (non-hydrogen) atoms. The van der Waals surface area contributed by atoms with Crippen LogP contribution in [0.4, 0.5) is 0 Å². The molecule has 0 fully saturated rings. The molecule has 1 aliphatic carbocycles. The van der Waals surface area contributed by atoms with Crippen molar-refractivity contribution in [1.82, 2.24) is 0 Å². The third kappa shape index (κ3) is 2.17. The Morgan fingerprint density at radius 1 is 1.27 bits per heavy atom. The molecule has 3 N–H and O–H groups in total. The Balaban J connectivity index is 2.20. The molecule has 0 spiro atoms. The zero-order valence-corrected chi connectivity index (χ0v) is 8.56. The highest BCUT2D eigenvalue weighted by Crippen LogP contribution is 2.25. The molecule has 0 saturated carbocycles. The quantitative estimate of drug-likeness (QED) is 0.765. The van der Waals surface area contributed by atoms with Crippen LogP contribution in [0.3, 0.4) is 0 Å². The third-order valence-electron chi connectivity index (χ3n) is 2.71. The first-order valence-electron chi connectivity index (χ1n) is 5.11. The zero-order valence-electron chi connectivity index (χ0n) is 8.56. The fourth-order valence-electron chi connectivity index (χ4n) is 1.66. The van der Waals surface area contributed by atoms with E-state index < -0.39 is 5.60 Å². The first kappa shape index (κ1) is 10.1. The lowest BCUT2D eigenvalue weighted by atomic mass is 9.90. The van der Waals surface area contributed by atoms with Crippen molar-refractivity contribution in [2.45, 2.75) is 12.0 Å². The lowest BCUT2D eigenvalue weighted by Crippen LogP contribution is -2.35. The Morgan fingerprint density at radius 3 is 2.53 bits per heavy atom. The van der Waals surface area contributed by atoms with Crippen LogP contribution in [-0.4, -0.2) is 17.3 Å². The molecule has 0 bridgehead atoms. The van der Waals surface area contributed by atoms with Crippen molar-refractivity contribution in [2.24, 2.45) is 5.73 Å². The van der Waals surface area contributed by atoms with E-state index >= 15 is 0 Å². The fourth-order valence-corrected chi connectivity index (χ4v) is 1.66. The summed E-state index contributed by atoms with van der Waals surface area (Å²) in [6.45, 7) is 0.266. The van der Waals surface area contributed by atoms with Gasteiger partial charge in [0.15, 0.2) is 0 Å². The van der Waals surface area contributed by atoms with E-state index in [9.17, 15) is 5.11 Å². The lowest BCUT2D eigenvalue weighted by molar-refractivity contribution is 0.102. The molecule has 78 valence electrons. The number of rotatable bonds is 2. The number of hydrogen-bond acceptors (Lipinski definition) is 2. The standard InChI is InChI=1S/C13H15NO/c14-10-13(15)8-6-12(7-9-13)11-4-2-1-3-5-11/h1-8,15H,9-10,14H2. The summed E-state index contributed by atoms with van der Waals surface area (Å²) in [5.41, 5.74) is 6.96. The minimum Gasteiger partial charge on any atom is -0.384 e. The van der Waals surface area contributed by atoms with Crippen LogP contribution in [0.15, 0.2) is 48.6 Å². The smallest absolute Gasteiger partial charge is 0.0987 e. The molecule has 0 aromatic heterocycles. The van der Waals surface area contributed by atoms with Crippen molar-refractivity contribution in [3.05, 3.63) is 54.1 Å². The van der Waals surface area contributed by atoms with Crippen LogP contribution in [0.25, 0.3) is 5.57 Å². The van der Waals surface area contributed by atoms with Crippen molar-refractivity contribution in [3.8, 4) is 0 Å². The van der Waals surface area contributed by atoms with Crippen LogP contribution < -0.4 is 5.73 Å². The minimum atomic E-state index is -0.849. The summed E-state index contributed by atoms with van der Waals surface area (Å²) in [7, 11) is 0. The summed E-state index contributed by atoms with van der Waals surface area (Å²) < 4.78 is 0. The van der Waals surface area contributed by atoms with Crippen molar-refractivity contribution in [3.63, 3.8) is 0 Å². The van der Waals surface area contributed by atoms with E-state index in [1.54, 1.807) is 6.08 Å². The predicted octanol–water partition coefficient (Wildman–Crippen LogP) is 1.72. The van der Waals surface area contributed by atoms with Gasteiger partial charge in [-0.3, -0.25) is 0 Å². The van der Waals surface area contributed by atoms with Gasteiger partial charge in [-0.05, 0) is 17.6 Å². The molecule has 1 atom stereocenters. The maximum Gasteiger partial charge on any atom is 0.0987 e. The molecule has 0 saturated heterocycles. The Labute approximate surface area is 89.7 Å². The molecular weight excluding hydrogens is 186 g/mol. The second kappa shape index (κ2) is 4.01. The third-order valence-corrected chi connectivity index (χ3v) is 2.71. The van der Waals surface area contributed by atoms with Gasteiger partial charge in [0.1, 0.15) is 0 Å². The van der Waals surface area contributed by atoms with Crippen LogP contribution in [0.5, 0.6) is 0 Å². The first-order valence-corrected chi connectivity index (χ1v) is 5.11. The molecule has 0 amide bonds. The molecular formula is C13H15NO. The number of aliphatic hydroxyl groups is 1. The molecule has 1 aromatic rings. The maximum atomic E-state index is 9.89. The van der Waals surface area contributed by atoms with Gasteiger partial charge in [-0.25, -0.2) is 0 Å². The largest absolute Gasteiger partial charge is 0.384 e. The molecule has 0 aliphatic heterocycles. The topological polar surface area (TPSA) is 46.2 Å². The average molecular weight is 201 g/mol. The second-order valence-corrected chi connectivity index (χ2v) is 3.87. The fraction of sp³-hybridized carbons (Fsp3) is 0.231. The van der Waals surface area contributed by atoms with E-state index in [0.717, 1.165) is 5.57 Å². The maximum absolute atomic E-state index is 9.89. The predicted molar refractivity (Wildman–Crippen MR) is 62.2 cm³/mol. The summed E-state index contributed by atoms with van der Waals surface area (Å²) in [5.74, 6) is 0. The molecule has 2 rings (SSSR count). The average Bonchev–Trinajstić information content (AvgIpc) is 2.31. The Kier molecular flexibility index (Phi) is 2.71. The SMILES string of the molecule is NCC1(O)C=CC(c2ccccc2)=CC1. The number of allylic oxidation sites excluding steroid dienone is 2. The van der Waals surface area contributed by atoms with Crippen molar-refractivity contribution >= 4 is 5.57 Å². The van der Waals surface area contributed by atoms with E-state index in [-0.39, 0.29) is 6.54 Å². The molecule has 0 radical (unpaired) electrons. The van der Waals surface area contributed by atoms with E-state index in [1.165, 1.54) is 5.56 Å². The number of benzene rings is 1. The molecule has 0 heterocycles. The first-order chi connectivity index (χ1) is 7.23. The highest BCUT2D eigenvalue weighted by atomic mass is 16.3. The summed E-state index contributed by atoms with van der Waals surface area (Å²) in [4.78, 5) is 0. The highest BCUT2D eigenvalue weighted by molar-refractivity contribution is 5.75. The van der Waals surface area contributed by atoms with E-state index in [0.29, 0.717) is 6.42 Å². The van der Waals surface area contributed by atoms with Gasteiger partial charge >= 0.3 is 0 Å². The van der Waals surface area contributed by atoms with E-state index in [1.807, 2.05) is 30.4 Å². The van der Waals surface area contributed by atoms with Gasteiger partial charge in [0, 0.05) is 6.54 Å². The Morgan fingerprint density at radius 2 is 2.00 bits per heavy atom. The molecule has 1 aromatic carbocycles. The summed E-state index contributed by atoms with van der Waals surface area (Å²) in [6.07, 6.45) is 6.34. The highest BCUT2D eigenvalue weighted by Gasteiger charge is 2.22. The molecule has 1 unspecified atom stereocenters. The van der Waals surface area contributed by atoms with Crippen LogP contribution in [-0.2, 0) is 0 Å². The van der Waals surface area contributed by atoms with Crippen LogP contribution in [0.2, 0.25) is 0 Å². The van der Waals surface area contributed by atoms with E-state index in [4.69, 9.17) is 5.73 Å². The number of hydrogen-bond donors (Lipinski definition) is 2. The van der Waals surface area contributed by atoms with Crippen molar-refractivity contribution < 1.29 is 5.11 Å². The summed E-state index contributed by atoms with van der Waals surface area (Å²) >= 11 is 0. The Hall–Kier alpha value is -1.38. The summed E-state index contributed by atoms with van der Waals surface area (Å²) in [6, 6.07) is 10.1. The Bertz CT molecular complexity index is 394. The van der Waals surface area contributed by atoms with Gasteiger partial charge in [-0.1, -0.05) is 48.6 Å². The van der Waals surface area contributed by atoms with Crippen molar-refractivity contribution in [1.29, 1.82) is 0 Å². The van der Waals surface area contributed by atoms with Gasteiger partial charge < -0.3 is 10.8 Å².